The fourth-order valence-electron chi connectivity index (χ4n) is 4.27. The number of hydrogen-bond donors (Lipinski definition) is 3. The predicted molar refractivity (Wildman–Crippen MR) is 130 cm³/mol. The van der Waals surface area contributed by atoms with Gasteiger partial charge in [-0.05, 0) is 45.3 Å². The van der Waals surface area contributed by atoms with E-state index in [-0.39, 0.29) is 30.6 Å². The standard InChI is InChI=1S/C25H40N4O5/c1-17(22(33-4)21-12-8-14-29(21)3)23(30)28-20(16-19-10-6-5-7-11-19)24(31)27-13-9-15-34-25(32)18(2)26/h5-7,10-11,17-18,20-22H,8-9,12-16,26H2,1-4H3,(H,27,31)(H,28,30)/t17-,18+,20+,21+,22-/m1/s1. The maximum Gasteiger partial charge on any atom is 0.322 e. The number of likely N-dealkylation sites (tertiary alicyclic amines) is 1. The molecular formula is C25H40N4O5. The van der Waals surface area contributed by atoms with Crippen molar-refractivity contribution >= 4 is 17.8 Å². The van der Waals surface area contributed by atoms with Gasteiger partial charge in [0.2, 0.25) is 11.8 Å². The molecule has 34 heavy (non-hydrogen) atoms. The summed E-state index contributed by atoms with van der Waals surface area (Å²) >= 11 is 0. The fraction of sp³-hybridized carbons (Fsp3) is 0.640. The van der Waals surface area contributed by atoms with Crippen LogP contribution in [0.5, 0.6) is 0 Å². The normalized spacial score (nSPS) is 19.6. The van der Waals surface area contributed by atoms with Gasteiger partial charge in [-0.1, -0.05) is 37.3 Å². The predicted octanol–water partition coefficient (Wildman–Crippen LogP) is 0.856. The van der Waals surface area contributed by atoms with Gasteiger partial charge in [0.15, 0.2) is 0 Å². The minimum absolute atomic E-state index is 0.165. The van der Waals surface area contributed by atoms with Crippen LogP contribution >= 0.6 is 0 Å². The molecule has 1 aromatic carbocycles. The van der Waals surface area contributed by atoms with Crippen LogP contribution in [0, 0.1) is 5.92 Å². The summed E-state index contributed by atoms with van der Waals surface area (Å²) in [4.78, 5) is 39.8. The van der Waals surface area contributed by atoms with Gasteiger partial charge >= 0.3 is 5.97 Å². The van der Waals surface area contributed by atoms with Gasteiger partial charge in [0.05, 0.1) is 18.6 Å². The molecule has 0 saturated carbocycles. The van der Waals surface area contributed by atoms with Crippen LogP contribution in [-0.4, -0.2) is 80.8 Å². The highest BCUT2D eigenvalue weighted by molar-refractivity contribution is 5.88. The third-order valence-electron chi connectivity index (χ3n) is 6.29. The monoisotopic (exact) mass is 476 g/mol. The van der Waals surface area contributed by atoms with Crippen LogP contribution < -0.4 is 16.4 Å². The number of nitrogens with zero attached hydrogens (tertiary/aromatic N) is 1. The second kappa shape index (κ2) is 14.0. The Bertz CT molecular complexity index is 789. The van der Waals surface area contributed by atoms with Crippen molar-refractivity contribution in [1.29, 1.82) is 0 Å². The number of rotatable bonds is 13. The van der Waals surface area contributed by atoms with Crippen molar-refractivity contribution in [1.82, 2.24) is 15.5 Å². The summed E-state index contributed by atoms with van der Waals surface area (Å²) in [7, 11) is 3.68. The molecule has 0 spiro atoms. The number of amides is 2. The summed E-state index contributed by atoms with van der Waals surface area (Å²) in [5.41, 5.74) is 6.41. The number of carbonyl (C=O) groups excluding carboxylic acids is 3. The second-order valence-electron chi connectivity index (χ2n) is 9.03. The zero-order valence-electron chi connectivity index (χ0n) is 20.8. The van der Waals surface area contributed by atoms with E-state index < -0.39 is 24.0 Å². The molecule has 9 heteroatoms. The molecule has 0 aromatic heterocycles. The molecular weight excluding hydrogens is 436 g/mol. The van der Waals surface area contributed by atoms with E-state index in [9.17, 15) is 14.4 Å². The number of benzene rings is 1. The summed E-state index contributed by atoms with van der Waals surface area (Å²) < 4.78 is 10.8. The molecule has 5 atom stereocenters. The summed E-state index contributed by atoms with van der Waals surface area (Å²) in [6, 6.07) is 8.32. The number of methoxy groups -OCH3 is 1. The smallest absolute Gasteiger partial charge is 0.322 e. The first-order valence-corrected chi connectivity index (χ1v) is 12.0. The number of esters is 1. The molecule has 2 rings (SSSR count). The number of hydrogen-bond acceptors (Lipinski definition) is 7. The van der Waals surface area contributed by atoms with Crippen LogP contribution in [-0.2, 0) is 30.3 Å². The molecule has 0 bridgehead atoms. The van der Waals surface area contributed by atoms with Gasteiger partial charge in [-0.25, -0.2) is 0 Å². The largest absolute Gasteiger partial charge is 0.464 e. The summed E-state index contributed by atoms with van der Waals surface area (Å²) in [6.07, 6.45) is 2.62. The third kappa shape index (κ3) is 8.38. The van der Waals surface area contributed by atoms with E-state index in [2.05, 4.69) is 15.5 Å². The van der Waals surface area contributed by atoms with Gasteiger partial charge in [-0.3, -0.25) is 14.4 Å². The Balaban J connectivity index is 1.98. The van der Waals surface area contributed by atoms with E-state index in [1.165, 1.54) is 0 Å². The number of nitrogens with one attached hydrogen (secondary N) is 2. The van der Waals surface area contributed by atoms with Crippen LogP contribution in [0.1, 0.15) is 38.7 Å². The zero-order valence-corrected chi connectivity index (χ0v) is 20.8. The fourth-order valence-corrected chi connectivity index (χ4v) is 4.27. The second-order valence-corrected chi connectivity index (χ2v) is 9.03. The zero-order chi connectivity index (χ0) is 25.1. The number of likely N-dealkylation sites (N-methyl/N-ethyl adjacent to an activating group) is 1. The Morgan fingerprint density at radius 2 is 1.88 bits per heavy atom. The van der Waals surface area contributed by atoms with E-state index in [4.69, 9.17) is 15.2 Å². The van der Waals surface area contributed by atoms with Gasteiger partial charge in [-0.2, -0.15) is 0 Å². The van der Waals surface area contributed by atoms with Crippen molar-refractivity contribution in [3.63, 3.8) is 0 Å². The lowest BCUT2D eigenvalue weighted by molar-refractivity contribution is -0.144. The Kier molecular flexibility index (Phi) is 11.5. The minimum Gasteiger partial charge on any atom is -0.464 e. The van der Waals surface area contributed by atoms with Crippen LogP contribution in [0.2, 0.25) is 0 Å². The molecule has 9 nitrogen and oxygen atoms in total. The topological polar surface area (TPSA) is 123 Å². The van der Waals surface area contributed by atoms with Crippen molar-refractivity contribution in [3.8, 4) is 0 Å². The molecule has 190 valence electrons. The molecule has 1 saturated heterocycles. The van der Waals surface area contributed by atoms with Crippen LogP contribution in [0.15, 0.2) is 30.3 Å². The van der Waals surface area contributed by atoms with Crippen molar-refractivity contribution < 1.29 is 23.9 Å². The Morgan fingerprint density at radius 1 is 1.18 bits per heavy atom. The molecule has 2 amide bonds. The van der Waals surface area contributed by atoms with E-state index in [0.717, 1.165) is 24.9 Å². The lowest BCUT2D eigenvalue weighted by Crippen LogP contribution is -2.53. The van der Waals surface area contributed by atoms with Crippen molar-refractivity contribution in [3.05, 3.63) is 35.9 Å². The molecule has 0 aliphatic carbocycles. The highest BCUT2D eigenvalue weighted by Gasteiger charge is 2.37. The van der Waals surface area contributed by atoms with E-state index in [1.54, 1.807) is 14.0 Å². The third-order valence-corrected chi connectivity index (χ3v) is 6.29. The first-order chi connectivity index (χ1) is 16.2. The van der Waals surface area contributed by atoms with Crippen molar-refractivity contribution in [2.45, 2.75) is 63.8 Å². The number of ether oxygens (including phenoxy) is 2. The maximum absolute atomic E-state index is 13.2. The molecule has 1 aliphatic rings. The minimum atomic E-state index is -0.734. The molecule has 1 fully saturated rings. The summed E-state index contributed by atoms with van der Waals surface area (Å²) in [6.45, 7) is 4.87. The van der Waals surface area contributed by atoms with E-state index in [0.29, 0.717) is 19.4 Å². The van der Waals surface area contributed by atoms with Gasteiger partial charge in [-0.15, -0.1) is 0 Å². The van der Waals surface area contributed by atoms with Crippen molar-refractivity contribution in [2.75, 3.05) is 33.9 Å². The van der Waals surface area contributed by atoms with Gasteiger partial charge in [0, 0.05) is 26.1 Å². The van der Waals surface area contributed by atoms with Crippen LogP contribution in [0.4, 0.5) is 0 Å². The average Bonchev–Trinajstić information content (AvgIpc) is 3.24. The molecule has 1 aromatic rings. The molecule has 0 radical (unpaired) electrons. The summed E-state index contributed by atoms with van der Waals surface area (Å²) in [5, 5.41) is 5.78. The van der Waals surface area contributed by atoms with Crippen LogP contribution in [0.3, 0.4) is 0 Å². The Hall–Kier alpha value is -2.49. The van der Waals surface area contributed by atoms with Crippen molar-refractivity contribution in [2.24, 2.45) is 11.7 Å². The average molecular weight is 477 g/mol. The maximum atomic E-state index is 13.2. The quantitative estimate of drug-likeness (QED) is 0.285. The molecule has 1 aliphatic heterocycles. The van der Waals surface area contributed by atoms with Gasteiger partial charge < -0.3 is 30.7 Å². The van der Waals surface area contributed by atoms with E-state index in [1.807, 2.05) is 44.3 Å². The highest BCUT2D eigenvalue weighted by Crippen LogP contribution is 2.25. The van der Waals surface area contributed by atoms with E-state index >= 15 is 0 Å². The lowest BCUT2D eigenvalue weighted by Gasteiger charge is -2.32. The number of carbonyl (C=O) groups is 3. The molecule has 0 unspecified atom stereocenters. The van der Waals surface area contributed by atoms with Gasteiger partial charge in [0.1, 0.15) is 12.1 Å². The Morgan fingerprint density at radius 3 is 2.47 bits per heavy atom. The Labute approximate surface area is 202 Å². The first-order valence-electron chi connectivity index (χ1n) is 12.0. The van der Waals surface area contributed by atoms with Gasteiger partial charge in [0.25, 0.3) is 0 Å². The summed E-state index contributed by atoms with van der Waals surface area (Å²) in [5.74, 6) is -1.39. The van der Waals surface area contributed by atoms with Crippen LogP contribution in [0.25, 0.3) is 0 Å². The first kappa shape index (κ1) is 27.8. The molecule has 4 N–H and O–H groups in total. The lowest BCUT2D eigenvalue weighted by atomic mass is 9.94. The highest BCUT2D eigenvalue weighted by atomic mass is 16.5. The number of nitrogens with two attached hydrogens (primary N) is 1. The molecule has 1 heterocycles. The SMILES string of the molecule is CO[C@H]([C@@H](C)C(=O)N[C@@H](Cc1ccccc1)C(=O)NCCCOC(=O)[C@H](C)N)[C@@H]1CCCN1C.